The molecule has 1 fully saturated rings. The van der Waals surface area contributed by atoms with Gasteiger partial charge >= 0.3 is 0 Å². The van der Waals surface area contributed by atoms with Crippen LogP contribution in [0.25, 0.3) is 0 Å². The summed E-state index contributed by atoms with van der Waals surface area (Å²) >= 11 is 0. The Morgan fingerprint density at radius 1 is 1.30 bits per heavy atom. The zero-order chi connectivity index (χ0) is 19.4. The van der Waals surface area contributed by atoms with Crippen molar-refractivity contribution in [3.05, 3.63) is 41.1 Å². The number of carbonyl (C=O) groups excluding carboxylic acids is 2. The van der Waals surface area contributed by atoms with Crippen LogP contribution in [0.1, 0.15) is 41.4 Å². The maximum absolute atomic E-state index is 12.7. The molecule has 2 amide bonds. The summed E-state index contributed by atoms with van der Waals surface area (Å²) in [5, 5.41) is 9.46. The first-order chi connectivity index (χ1) is 12.9. The van der Waals surface area contributed by atoms with Crippen molar-refractivity contribution in [2.24, 2.45) is 5.92 Å². The minimum absolute atomic E-state index is 0.0784. The van der Waals surface area contributed by atoms with Crippen LogP contribution in [0, 0.1) is 19.8 Å². The largest absolute Gasteiger partial charge is 0.376 e. The molecule has 1 aliphatic rings. The van der Waals surface area contributed by atoms with E-state index >= 15 is 0 Å². The quantitative estimate of drug-likeness (QED) is 0.844. The van der Waals surface area contributed by atoms with Crippen LogP contribution in [-0.4, -0.2) is 41.5 Å². The van der Waals surface area contributed by atoms with Gasteiger partial charge in [-0.2, -0.15) is 0 Å². The third kappa shape index (κ3) is 4.87. The van der Waals surface area contributed by atoms with E-state index < -0.39 is 0 Å². The third-order valence-corrected chi connectivity index (χ3v) is 4.75. The Morgan fingerprint density at radius 3 is 2.78 bits per heavy atom. The molecule has 0 unspecified atom stereocenters. The average molecular weight is 370 g/mol. The summed E-state index contributed by atoms with van der Waals surface area (Å²) in [6.07, 6.45) is 2.24. The van der Waals surface area contributed by atoms with E-state index in [-0.39, 0.29) is 18.4 Å². The average Bonchev–Trinajstić information content (AvgIpc) is 3.04. The molecule has 7 heteroatoms. The van der Waals surface area contributed by atoms with Crippen LogP contribution in [0.3, 0.4) is 0 Å². The van der Waals surface area contributed by atoms with Gasteiger partial charge in [0.25, 0.3) is 5.91 Å². The summed E-state index contributed by atoms with van der Waals surface area (Å²) in [7, 11) is 0. The van der Waals surface area contributed by atoms with Crippen molar-refractivity contribution in [3.8, 4) is 0 Å². The smallest absolute Gasteiger partial charge is 0.253 e. The molecule has 144 valence electrons. The minimum atomic E-state index is -0.229. The lowest BCUT2D eigenvalue weighted by Gasteiger charge is -2.31. The van der Waals surface area contributed by atoms with Gasteiger partial charge in [0.1, 0.15) is 0 Å². The molecule has 27 heavy (non-hydrogen) atoms. The number of aryl methyl sites for hydroxylation is 2. The molecule has 0 bridgehead atoms. The van der Waals surface area contributed by atoms with Gasteiger partial charge in [-0.25, -0.2) is 0 Å². The first-order valence-corrected chi connectivity index (χ1v) is 9.29. The van der Waals surface area contributed by atoms with Gasteiger partial charge in [0.2, 0.25) is 11.8 Å². The van der Waals surface area contributed by atoms with E-state index in [1.165, 1.54) is 6.42 Å². The zero-order valence-corrected chi connectivity index (χ0v) is 16.0. The van der Waals surface area contributed by atoms with Crippen molar-refractivity contribution in [1.82, 2.24) is 10.1 Å². The Morgan fingerprint density at radius 2 is 2.11 bits per heavy atom. The van der Waals surface area contributed by atoms with Crippen molar-refractivity contribution in [2.45, 2.75) is 33.6 Å². The topological polar surface area (TPSA) is 87.5 Å². The summed E-state index contributed by atoms with van der Waals surface area (Å²) in [5.41, 5.74) is 3.14. The Hall–Kier alpha value is -2.83. The number of hydrogen-bond donors (Lipinski definition) is 2. The van der Waals surface area contributed by atoms with Crippen molar-refractivity contribution in [3.63, 3.8) is 0 Å². The number of amides is 2. The number of piperidine rings is 1. The maximum Gasteiger partial charge on any atom is 0.253 e. The summed E-state index contributed by atoms with van der Waals surface area (Å²) in [5.74, 6) is 0.728. The summed E-state index contributed by atoms with van der Waals surface area (Å²) in [6, 6.07) is 7.20. The highest BCUT2D eigenvalue weighted by Gasteiger charge is 2.22. The summed E-state index contributed by atoms with van der Waals surface area (Å²) in [6.45, 7) is 7.63. The van der Waals surface area contributed by atoms with Crippen molar-refractivity contribution < 1.29 is 14.1 Å². The van der Waals surface area contributed by atoms with Crippen LogP contribution < -0.4 is 10.6 Å². The van der Waals surface area contributed by atoms with Gasteiger partial charge in [0.05, 0.1) is 12.2 Å². The van der Waals surface area contributed by atoms with E-state index in [9.17, 15) is 9.59 Å². The van der Waals surface area contributed by atoms with Crippen molar-refractivity contribution in [1.29, 1.82) is 0 Å². The second-order valence-corrected chi connectivity index (χ2v) is 7.26. The molecule has 2 aromatic rings. The van der Waals surface area contributed by atoms with Gasteiger partial charge in [-0.1, -0.05) is 12.1 Å². The molecular formula is C20H26N4O3. The lowest BCUT2D eigenvalue weighted by atomic mass is 9.99. The SMILES string of the molecule is Cc1cc(NC(=O)CNc2ccc(C(=O)N3CCC[C@@H](C)C3)cc2C)on1. The van der Waals surface area contributed by atoms with Crippen LogP contribution in [0.4, 0.5) is 11.6 Å². The number of rotatable bonds is 5. The van der Waals surface area contributed by atoms with Crippen LogP contribution in [0.2, 0.25) is 0 Å². The molecule has 0 aliphatic carbocycles. The van der Waals surface area contributed by atoms with Gasteiger partial charge in [-0.15, -0.1) is 0 Å². The molecule has 0 spiro atoms. The highest BCUT2D eigenvalue weighted by Crippen LogP contribution is 2.21. The number of carbonyl (C=O) groups is 2. The zero-order valence-electron chi connectivity index (χ0n) is 16.0. The highest BCUT2D eigenvalue weighted by molar-refractivity contribution is 5.95. The normalized spacial score (nSPS) is 16.9. The maximum atomic E-state index is 12.7. The fourth-order valence-corrected chi connectivity index (χ4v) is 3.33. The molecule has 1 atom stereocenters. The van der Waals surface area contributed by atoms with E-state index in [1.807, 2.05) is 30.0 Å². The van der Waals surface area contributed by atoms with E-state index in [2.05, 4.69) is 22.7 Å². The fraction of sp³-hybridized carbons (Fsp3) is 0.450. The van der Waals surface area contributed by atoms with E-state index in [0.717, 1.165) is 30.8 Å². The van der Waals surface area contributed by atoms with Gasteiger partial charge in [0.15, 0.2) is 0 Å². The number of nitrogens with one attached hydrogen (secondary N) is 2. The molecule has 2 N–H and O–H groups in total. The van der Waals surface area contributed by atoms with Crippen molar-refractivity contribution >= 4 is 23.4 Å². The van der Waals surface area contributed by atoms with Crippen LogP contribution in [0.5, 0.6) is 0 Å². The lowest BCUT2D eigenvalue weighted by Crippen LogP contribution is -2.39. The van der Waals surface area contributed by atoms with Gasteiger partial charge in [-0.3, -0.25) is 14.9 Å². The molecule has 1 aromatic heterocycles. The van der Waals surface area contributed by atoms with Gasteiger partial charge in [0, 0.05) is 30.4 Å². The second kappa shape index (κ2) is 8.24. The molecule has 2 heterocycles. The summed E-state index contributed by atoms with van der Waals surface area (Å²) in [4.78, 5) is 26.6. The Labute approximate surface area is 159 Å². The number of anilines is 2. The number of hydrogen-bond acceptors (Lipinski definition) is 5. The van der Waals surface area contributed by atoms with E-state index in [1.54, 1.807) is 13.0 Å². The predicted molar refractivity (Wildman–Crippen MR) is 104 cm³/mol. The highest BCUT2D eigenvalue weighted by atomic mass is 16.5. The molecular weight excluding hydrogens is 344 g/mol. The van der Waals surface area contributed by atoms with Crippen LogP contribution >= 0.6 is 0 Å². The Balaban J connectivity index is 1.57. The second-order valence-electron chi connectivity index (χ2n) is 7.26. The summed E-state index contributed by atoms with van der Waals surface area (Å²) < 4.78 is 4.97. The molecule has 0 saturated carbocycles. The number of aromatic nitrogens is 1. The minimum Gasteiger partial charge on any atom is -0.376 e. The molecule has 1 saturated heterocycles. The lowest BCUT2D eigenvalue weighted by molar-refractivity contribution is -0.114. The predicted octanol–water partition coefficient (Wildman–Crippen LogP) is 3.21. The van der Waals surface area contributed by atoms with Gasteiger partial charge in [-0.05, 0) is 56.4 Å². The van der Waals surface area contributed by atoms with E-state index in [0.29, 0.717) is 23.1 Å². The number of nitrogens with zero attached hydrogens (tertiary/aromatic N) is 2. The third-order valence-electron chi connectivity index (χ3n) is 4.75. The molecule has 0 radical (unpaired) electrons. The Bertz CT molecular complexity index is 830. The monoisotopic (exact) mass is 370 g/mol. The first kappa shape index (κ1) is 18.9. The van der Waals surface area contributed by atoms with Crippen molar-refractivity contribution in [2.75, 3.05) is 30.3 Å². The van der Waals surface area contributed by atoms with Crippen LogP contribution in [-0.2, 0) is 4.79 Å². The van der Waals surface area contributed by atoms with E-state index in [4.69, 9.17) is 4.52 Å². The van der Waals surface area contributed by atoms with Crippen LogP contribution in [0.15, 0.2) is 28.8 Å². The molecule has 3 rings (SSSR count). The van der Waals surface area contributed by atoms with Gasteiger partial charge < -0.3 is 14.7 Å². The molecule has 1 aromatic carbocycles. The number of benzene rings is 1. The molecule has 1 aliphatic heterocycles. The Kier molecular flexibility index (Phi) is 5.78. The number of likely N-dealkylation sites (tertiary alicyclic amines) is 1. The fourth-order valence-electron chi connectivity index (χ4n) is 3.33. The molecule has 7 nitrogen and oxygen atoms in total. The standard InChI is InChI=1S/C20H26N4O3/c1-13-5-4-8-24(12-13)20(26)16-6-7-17(14(2)9-16)21-11-18(25)22-19-10-15(3)23-27-19/h6-7,9-10,13,21H,4-5,8,11-12H2,1-3H3,(H,22,25)/t13-/m1/s1. The first-order valence-electron chi connectivity index (χ1n) is 9.29.